The predicted molar refractivity (Wildman–Crippen MR) is 85.4 cm³/mol. The molecule has 0 atom stereocenters. The normalized spacial score (nSPS) is 11.8. The lowest BCUT2D eigenvalue weighted by Gasteiger charge is -2.09. The quantitative estimate of drug-likeness (QED) is 0.885. The van der Waals surface area contributed by atoms with Gasteiger partial charge in [-0.3, -0.25) is 0 Å². The van der Waals surface area contributed by atoms with Crippen molar-refractivity contribution in [1.82, 2.24) is 4.72 Å². The molecule has 5 heteroatoms. The Morgan fingerprint density at radius 3 is 2.27 bits per heavy atom. The molecule has 0 radical (unpaired) electrons. The zero-order valence-corrected chi connectivity index (χ0v) is 13.5. The molecule has 118 valence electrons. The summed E-state index contributed by atoms with van der Waals surface area (Å²) in [6, 6.07) is 12.9. The van der Waals surface area contributed by atoms with Crippen molar-refractivity contribution in [3.8, 4) is 0 Å². The molecule has 2 rings (SSSR count). The van der Waals surface area contributed by atoms with Crippen LogP contribution in [-0.2, 0) is 23.0 Å². The fourth-order valence-corrected chi connectivity index (χ4v) is 3.18. The summed E-state index contributed by atoms with van der Waals surface area (Å²) in [5.41, 5.74) is 1.42. The molecule has 0 unspecified atom stereocenters. The molecular formula is C17H20FNO2S. The lowest BCUT2D eigenvalue weighted by molar-refractivity contribution is 0.574. The molecule has 1 N–H and O–H groups in total. The molecule has 0 saturated heterocycles. The van der Waals surface area contributed by atoms with Gasteiger partial charge in [-0.1, -0.05) is 44.2 Å². The SMILES string of the molecule is CC(C)Cc1ccc(S(=O)(=O)NCc2ccccc2F)cc1. The third kappa shape index (κ3) is 4.39. The molecular weight excluding hydrogens is 301 g/mol. The van der Waals surface area contributed by atoms with E-state index in [9.17, 15) is 12.8 Å². The summed E-state index contributed by atoms with van der Waals surface area (Å²) in [7, 11) is -3.64. The highest BCUT2D eigenvalue weighted by molar-refractivity contribution is 7.89. The second-order valence-electron chi connectivity index (χ2n) is 5.66. The van der Waals surface area contributed by atoms with Gasteiger partial charge < -0.3 is 0 Å². The summed E-state index contributed by atoms with van der Waals surface area (Å²) in [6.07, 6.45) is 0.906. The molecule has 0 saturated carbocycles. The summed E-state index contributed by atoms with van der Waals surface area (Å²) in [6.45, 7) is 4.16. The molecule has 0 aliphatic carbocycles. The van der Waals surface area contributed by atoms with Crippen molar-refractivity contribution in [2.45, 2.75) is 31.7 Å². The van der Waals surface area contributed by atoms with E-state index in [1.54, 1.807) is 30.3 Å². The summed E-state index contributed by atoms with van der Waals surface area (Å²) < 4.78 is 40.4. The van der Waals surface area contributed by atoms with Crippen LogP contribution in [0.1, 0.15) is 25.0 Å². The van der Waals surface area contributed by atoms with Gasteiger partial charge >= 0.3 is 0 Å². The Labute approximate surface area is 131 Å². The van der Waals surface area contributed by atoms with Crippen molar-refractivity contribution in [1.29, 1.82) is 0 Å². The van der Waals surface area contributed by atoms with Crippen LogP contribution in [0.25, 0.3) is 0 Å². The standard InChI is InChI=1S/C17H20FNO2S/c1-13(2)11-14-7-9-16(10-8-14)22(20,21)19-12-15-5-3-4-6-17(15)18/h3-10,13,19H,11-12H2,1-2H3. The molecule has 0 amide bonds. The second kappa shape index (κ2) is 7.03. The average molecular weight is 321 g/mol. The van der Waals surface area contributed by atoms with Crippen molar-refractivity contribution in [3.05, 3.63) is 65.5 Å². The smallest absolute Gasteiger partial charge is 0.207 e. The maximum Gasteiger partial charge on any atom is 0.240 e. The van der Waals surface area contributed by atoms with E-state index < -0.39 is 15.8 Å². The molecule has 22 heavy (non-hydrogen) atoms. The van der Waals surface area contributed by atoms with Gasteiger partial charge in [-0.2, -0.15) is 0 Å². The Balaban J connectivity index is 2.08. The van der Waals surface area contributed by atoms with E-state index in [-0.39, 0.29) is 11.4 Å². The highest BCUT2D eigenvalue weighted by Crippen LogP contribution is 2.14. The number of hydrogen-bond donors (Lipinski definition) is 1. The summed E-state index contributed by atoms with van der Waals surface area (Å²) in [5, 5.41) is 0. The minimum Gasteiger partial charge on any atom is -0.207 e. The molecule has 0 aromatic heterocycles. The van der Waals surface area contributed by atoms with E-state index in [1.165, 1.54) is 6.07 Å². The largest absolute Gasteiger partial charge is 0.240 e. The van der Waals surface area contributed by atoms with Crippen LogP contribution in [0.2, 0.25) is 0 Å². The Kier molecular flexibility index (Phi) is 5.32. The van der Waals surface area contributed by atoms with Crippen molar-refractivity contribution >= 4 is 10.0 Å². The van der Waals surface area contributed by atoms with Crippen molar-refractivity contribution in [3.63, 3.8) is 0 Å². The van der Waals surface area contributed by atoms with E-state index in [2.05, 4.69) is 18.6 Å². The van der Waals surface area contributed by atoms with Crippen LogP contribution < -0.4 is 4.72 Å². The molecule has 0 fully saturated rings. The van der Waals surface area contributed by atoms with E-state index in [1.807, 2.05) is 12.1 Å². The van der Waals surface area contributed by atoms with E-state index in [0.717, 1.165) is 12.0 Å². The zero-order chi connectivity index (χ0) is 16.2. The van der Waals surface area contributed by atoms with Gasteiger partial charge in [0.2, 0.25) is 10.0 Å². The maximum atomic E-state index is 13.5. The monoisotopic (exact) mass is 321 g/mol. The van der Waals surface area contributed by atoms with Crippen molar-refractivity contribution in [2.24, 2.45) is 5.92 Å². The Bertz CT molecular complexity index is 725. The van der Waals surface area contributed by atoms with E-state index in [4.69, 9.17) is 0 Å². The predicted octanol–water partition coefficient (Wildman–Crippen LogP) is 3.50. The van der Waals surface area contributed by atoms with Crippen molar-refractivity contribution in [2.75, 3.05) is 0 Å². The van der Waals surface area contributed by atoms with Gasteiger partial charge in [0.25, 0.3) is 0 Å². The van der Waals surface area contributed by atoms with Crippen LogP contribution in [-0.4, -0.2) is 8.42 Å². The van der Waals surface area contributed by atoms with Crippen LogP contribution in [0, 0.1) is 11.7 Å². The third-order valence-corrected chi connectivity index (χ3v) is 4.71. The molecule has 0 aliphatic heterocycles. The number of nitrogens with one attached hydrogen (secondary N) is 1. The third-order valence-electron chi connectivity index (χ3n) is 3.29. The molecule has 0 bridgehead atoms. The Morgan fingerprint density at radius 1 is 1.05 bits per heavy atom. The fourth-order valence-electron chi connectivity index (χ4n) is 2.17. The fraction of sp³-hybridized carbons (Fsp3) is 0.294. The van der Waals surface area contributed by atoms with Crippen LogP contribution in [0.3, 0.4) is 0 Å². The molecule has 2 aromatic rings. The molecule has 0 aliphatic rings. The molecule has 0 heterocycles. The van der Waals surface area contributed by atoms with E-state index >= 15 is 0 Å². The zero-order valence-electron chi connectivity index (χ0n) is 12.7. The van der Waals surface area contributed by atoms with Gasteiger partial charge in [-0.25, -0.2) is 17.5 Å². The van der Waals surface area contributed by atoms with Gasteiger partial charge in [-0.05, 0) is 36.1 Å². The highest BCUT2D eigenvalue weighted by atomic mass is 32.2. The van der Waals surface area contributed by atoms with Crippen LogP contribution >= 0.6 is 0 Å². The van der Waals surface area contributed by atoms with E-state index in [0.29, 0.717) is 11.5 Å². The van der Waals surface area contributed by atoms with Crippen molar-refractivity contribution < 1.29 is 12.8 Å². The Hall–Kier alpha value is -1.72. The van der Waals surface area contributed by atoms with Gasteiger partial charge in [-0.15, -0.1) is 0 Å². The van der Waals surface area contributed by atoms with Crippen LogP contribution in [0.15, 0.2) is 53.4 Å². The minimum atomic E-state index is -3.64. The molecule has 2 aromatic carbocycles. The highest BCUT2D eigenvalue weighted by Gasteiger charge is 2.14. The molecule has 0 spiro atoms. The molecule has 3 nitrogen and oxygen atoms in total. The number of rotatable bonds is 6. The summed E-state index contributed by atoms with van der Waals surface area (Å²) >= 11 is 0. The van der Waals surface area contributed by atoms with Gasteiger partial charge in [0.15, 0.2) is 0 Å². The van der Waals surface area contributed by atoms with Gasteiger partial charge in [0.1, 0.15) is 5.82 Å². The lowest BCUT2D eigenvalue weighted by Crippen LogP contribution is -2.23. The topological polar surface area (TPSA) is 46.2 Å². The first-order chi connectivity index (χ1) is 10.4. The number of sulfonamides is 1. The maximum absolute atomic E-state index is 13.5. The number of hydrogen-bond acceptors (Lipinski definition) is 2. The Morgan fingerprint density at radius 2 is 1.68 bits per heavy atom. The van der Waals surface area contributed by atoms with Crippen LogP contribution in [0.4, 0.5) is 4.39 Å². The van der Waals surface area contributed by atoms with Crippen LogP contribution in [0.5, 0.6) is 0 Å². The van der Waals surface area contributed by atoms with Gasteiger partial charge in [0, 0.05) is 12.1 Å². The lowest BCUT2D eigenvalue weighted by atomic mass is 10.0. The second-order valence-corrected chi connectivity index (χ2v) is 7.42. The van der Waals surface area contributed by atoms with Gasteiger partial charge in [0.05, 0.1) is 4.90 Å². The first-order valence-corrected chi connectivity index (χ1v) is 8.69. The number of benzene rings is 2. The first-order valence-electron chi connectivity index (χ1n) is 7.20. The number of halogens is 1. The first kappa shape index (κ1) is 16.6. The minimum absolute atomic E-state index is 0.0667. The summed E-state index contributed by atoms with van der Waals surface area (Å²) in [5.74, 6) is 0.0964. The average Bonchev–Trinajstić information content (AvgIpc) is 2.46. The summed E-state index contributed by atoms with van der Waals surface area (Å²) in [4.78, 5) is 0.191.